The zero-order valence-electron chi connectivity index (χ0n) is 12.1. The summed E-state index contributed by atoms with van der Waals surface area (Å²) in [4.78, 5) is 4.52. The Labute approximate surface area is 111 Å². The van der Waals surface area contributed by atoms with Crippen LogP contribution in [0.2, 0.25) is 0 Å². The first-order valence-electron chi connectivity index (χ1n) is 7.06. The van der Waals surface area contributed by atoms with Crippen LogP contribution < -0.4 is 10.1 Å². The summed E-state index contributed by atoms with van der Waals surface area (Å²) in [7, 11) is 0. The fraction of sp³-hybridized carbons (Fsp3) is 0.667. The Hall–Kier alpha value is -1.09. The van der Waals surface area contributed by atoms with Crippen molar-refractivity contribution in [3.05, 3.63) is 23.4 Å². The Morgan fingerprint density at radius 2 is 2.06 bits per heavy atom. The lowest BCUT2D eigenvalue weighted by Crippen LogP contribution is -2.15. The number of pyridine rings is 1. The van der Waals surface area contributed by atoms with Gasteiger partial charge in [-0.05, 0) is 44.4 Å². The lowest BCUT2D eigenvalue weighted by atomic mass is 10.2. The van der Waals surface area contributed by atoms with E-state index < -0.39 is 0 Å². The minimum absolute atomic E-state index is 0.223. The van der Waals surface area contributed by atoms with Gasteiger partial charge in [-0.25, -0.2) is 4.98 Å². The maximum atomic E-state index is 5.81. The van der Waals surface area contributed by atoms with E-state index in [1.165, 1.54) is 5.56 Å². The van der Waals surface area contributed by atoms with Crippen LogP contribution in [0, 0.1) is 0 Å². The fourth-order valence-electron chi connectivity index (χ4n) is 1.66. The van der Waals surface area contributed by atoms with Crippen molar-refractivity contribution in [1.29, 1.82) is 0 Å². The third-order valence-electron chi connectivity index (χ3n) is 2.93. The molecule has 0 fully saturated rings. The molecule has 0 aromatic carbocycles. The molecule has 1 aromatic rings. The summed E-state index contributed by atoms with van der Waals surface area (Å²) >= 11 is 0. The molecule has 0 saturated carbocycles. The van der Waals surface area contributed by atoms with Gasteiger partial charge >= 0.3 is 0 Å². The van der Waals surface area contributed by atoms with E-state index in [1.54, 1.807) is 0 Å². The first kappa shape index (κ1) is 15.0. The molecule has 3 heteroatoms. The third kappa shape index (κ3) is 5.05. The molecule has 0 saturated heterocycles. The number of aromatic nitrogens is 1. The highest BCUT2D eigenvalue weighted by molar-refractivity contribution is 5.25. The molecular formula is C15H26N2O. The lowest BCUT2D eigenvalue weighted by Gasteiger charge is -2.14. The van der Waals surface area contributed by atoms with Crippen molar-refractivity contribution in [2.24, 2.45) is 0 Å². The lowest BCUT2D eigenvalue weighted by molar-refractivity contribution is 0.208. The van der Waals surface area contributed by atoms with Gasteiger partial charge in [0.25, 0.3) is 0 Å². The average molecular weight is 250 g/mol. The molecule has 18 heavy (non-hydrogen) atoms. The molecule has 1 heterocycles. The predicted octanol–water partition coefficient (Wildman–Crippen LogP) is 3.32. The number of aryl methyl sites for hydroxylation is 1. The molecule has 0 aliphatic carbocycles. The summed E-state index contributed by atoms with van der Waals surface area (Å²) < 4.78 is 5.81. The van der Waals surface area contributed by atoms with Gasteiger partial charge in [-0.3, -0.25) is 0 Å². The van der Waals surface area contributed by atoms with E-state index in [9.17, 15) is 0 Å². The normalized spacial score (nSPS) is 12.4. The summed E-state index contributed by atoms with van der Waals surface area (Å²) in [5, 5.41) is 3.41. The van der Waals surface area contributed by atoms with Crippen molar-refractivity contribution in [2.45, 2.75) is 59.6 Å². The minimum atomic E-state index is 0.223. The summed E-state index contributed by atoms with van der Waals surface area (Å²) in [6.45, 7) is 10.4. The average Bonchev–Trinajstić information content (AvgIpc) is 2.38. The van der Waals surface area contributed by atoms with Crippen LogP contribution >= 0.6 is 0 Å². The summed E-state index contributed by atoms with van der Waals surface area (Å²) in [6, 6.07) is 4.21. The van der Waals surface area contributed by atoms with E-state index in [4.69, 9.17) is 4.74 Å². The van der Waals surface area contributed by atoms with E-state index in [0.717, 1.165) is 43.9 Å². The highest BCUT2D eigenvalue weighted by Gasteiger charge is 2.06. The van der Waals surface area contributed by atoms with E-state index in [-0.39, 0.29) is 6.10 Å². The highest BCUT2D eigenvalue weighted by atomic mass is 16.5. The van der Waals surface area contributed by atoms with Crippen LogP contribution in [0.4, 0.5) is 0 Å². The number of nitrogens with one attached hydrogen (secondary N) is 1. The van der Waals surface area contributed by atoms with Crippen LogP contribution in [-0.2, 0) is 13.0 Å². The Bertz CT molecular complexity index is 352. The van der Waals surface area contributed by atoms with Gasteiger partial charge in [-0.1, -0.05) is 20.8 Å². The molecule has 1 atom stereocenters. The molecule has 1 aromatic heterocycles. The Balaban J connectivity index is 2.74. The molecule has 0 aliphatic heterocycles. The van der Waals surface area contributed by atoms with Gasteiger partial charge in [-0.2, -0.15) is 0 Å². The highest BCUT2D eigenvalue weighted by Crippen LogP contribution is 2.15. The van der Waals surface area contributed by atoms with E-state index in [1.807, 2.05) is 6.07 Å². The fourth-order valence-corrected chi connectivity index (χ4v) is 1.66. The monoisotopic (exact) mass is 250 g/mol. The molecule has 0 amide bonds. The van der Waals surface area contributed by atoms with Crippen LogP contribution in [0.15, 0.2) is 12.1 Å². The van der Waals surface area contributed by atoms with Gasteiger partial charge in [0.05, 0.1) is 6.10 Å². The zero-order chi connectivity index (χ0) is 13.4. The summed E-state index contributed by atoms with van der Waals surface area (Å²) in [5.74, 6) is 0.761. The van der Waals surface area contributed by atoms with E-state index in [2.05, 4.69) is 44.1 Å². The van der Waals surface area contributed by atoms with Crippen molar-refractivity contribution in [3.63, 3.8) is 0 Å². The van der Waals surface area contributed by atoms with Crippen LogP contribution in [-0.4, -0.2) is 17.6 Å². The largest absolute Gasteiger partial charge is 0.475 e. The zero-order valence-corrected chi connectivity index (χ0v) is 12.1. The predicted molar refractivity (Wildman–Crippen MR) is 76.0 cm³/mol. The number of ether oxygens (including phenoxy) is 1. The quantitative estimate of drug-likeness (QED) is 0.719. The molecule has 1 N–H and O–H groups in total. The van der Waals surface area contributed by atoms with Crippen LogP contribution in [0.25, 0.3) is 0 Å². The second-order valence-corrected chi connectivity index (χ2v) is 4.67. The summed E-state index contributed by atoms with van der Waals surface area (Å²) in [5.41, 5.74) is 2.36. The van der Waals surface area contributed by atoms with Gasteiger partial charge < -0.3 is 10.1 Å². The Morgan fingerprint density at radius 1 is 1.28 bits per heavy atom. The number of hydrogen-bond acceptors (Lipinski definition) is 3. The maximum Gasteiger partial charge on any atom is 0.214 e. The summed E-state index contributed by atoms with van der Waals surface area (Å²) in [6.07, 6.45) is 3.32. The first-order valence-corrected chi connectivity index (χ1v) is 7.06. The topological polar surface area (TPSA) is 34.2 Å². The van der Waals surface area contributed by atoms with Crippen molar-refractivity contribution < 1.29 is 4.74 Å². The molecule has 102 valence electrons. The van der Waals surface area contributed by atoms with Gasteiger partial charge in [0.2, 0.25) is 5.88 Å². The Morgan fingerprint density at radius 3 is 2.67 bits per heavy atom. The molecule has 0 bridgehead atoms. The van der Waals surface area contributed by atoms with Crippen molar-refractivity contribution in [1.82, 2.24) is 10.3 Å². The molecule has 1 rings (SSSR count). The van der Waals surface area contributed by atoms with Crippen LogP contribution in [0.5, 0.6) is 5.88 Å². The molecular weight excluding hydrogens is 224 g/mol. The second kappa shape index (κ2) is 8.09. The van der Waals surface area contributed by atoms with Crippen LogP contribution in [0.1, 0.15) is 51.8 Å². The number of rotatable bonds is 8. The van der Waals surface area contributed by atoms with Crippen LogP contribution in [0.3, 0.4) is 0 Å². The molecule has 0 radical (unpaired) electrons. The maximum absolute atomic E-state index is 5.81. The minimum Gasteiger partial charge on any atom is -0.475 e. The standard InChI is InChI=1S/C15H26N2O/c1-5-8-16-11-13-9-14(7-3)17-15(10-13)18-12(4)6-2/h9-10,12,16H,5-8,11H2,1-4H3. The molecule has 1 unspecified atom stereocenters. The number of hydrogen-bond donors (Lipinski definition) is 1. The molecule has 0 spiro atoms. The van der Waals surface area contributed by atoms with Gasteiger partial charge in [0.15, 0.2) is 0 Å². The number of nitrogens with zero attached hydrogens (tertiary/aromatic N) is 1. The van der Waals surface area contributed by atoms with E-state index >= 15 is 0 Å². The SMILES string of the molecule is CCCNCc1cc(CC)nc(OC(C)CC)c1. The van der Waals surface area contributed by atoms with E-state index in [0.29, 0.717) is 0 Å². The van der Waals surface area contributed by atoms with Gasteiger partial charge in [0, 0.05) is 18.3 Å². The van der Waals surface area contributed by atoms with Crippen molar-refractivity contribution in [3.8, 4) is 5.88 Å². The first-order chi connectivity index (χ1) is 8.69. The molecule has 3 nitrogen and oxygen atoms in total. The van der Waals surface area contributed by atoms with Crippen molar-refractivity contribution >= 4 is 0 Å². The molecule has 0 aliphatic rings. The van der Waals surface area contributed by atoms with Gasteiger partial charge in [-0.15, -0.1) is 0 Å². The Kier molecular flexibility index (Phi) is 6.73. The van der Waals surface area contributed by atoms with Crippen molar-refractivity contribution in [2.75, 3.05) is 6.54 Å². The second-order valence-electron chi connectivity index (χ2n) is 4.67. The van der Waals surface area contributed by atoms with Gasteiger partial charge in [0.1, 0.15) is 0 Å². The third-order valence-corrected chi connectivity index (χ3v) is 2.93. The smallest absolute Gasteiger partial charge is 0.214 e.